The van der Waals surface area contributed by atoms with E-state index in [0.717, 1.165) is 22.2 Å². The number of likely N-dealkylation sites (N-methyl/N-ethyl adjacent to an activating group) is 1. The zero-order valence-corrected chi connectivity index (χ0v) is 15.4. The molecule has 3 aliphatic heterocycles. The molecule has 1 aromatic heterocycles. The van der Waals surface area contributed by atoms with Gasteiger partial charge in [-0.2, -0.15) is 0 Å². The van der Waals surface area contributed by atoms with Crippen LogP contribution in [0.25, 0.3) is 0 Å². The number of hydrogen-bond acceptors (Lipinski definition) is 6. The van der Waals surface area contributed by atoms with E-state index in [4.69, 9.17) is 0 Å². The third-order valence-corrected chi connectivity index (χ3v) is 8.00. The van der Waals surface area contributed by atoms with Crippen LogP contribution < -0.4 is 10.6 Å². The van der Waals surface area contributed by atoms with Crippen molar-refractivity contribution in [2.45, 2.75) is 16.2 Å². The maximum absolute atomic E-state index is 13.3. The summed E-state index contributed by atoms with van der Waals surface area (Å²) in [6, 6.07) is 11.3. The van der Waals surface area contributed by atoms with Crippen LogP contribution >= 0.6 is 23.1 Å². The number of benzene rings is 1. The van der Waals surface area contributed by atoms with Crippen molar-refractivity contribution in [1.82, 2.24) is 10.2 Å². The SMILES string of the molecule is CN1C[C@@H](c2cccs2)[C@@]2(SC(=O)NC2=O)[C@@]12C(=O)Nc1ccccc12. The number of amides is 3. The van der Waals surface area contributed by atoms with Gasteiger partial charge in [0.25, 0.3) is 11.1 Å². The highest BCUT2D eigenvalue weighted by Crippen LogP contribution is 2.64. The molecule has 2 spiro atoms. The first-order valence-electron chi connectivity index (χ1n) is 8.22. The molecule has 132 valence electrons. The van der Waals surface area contributed by atoms with Gasteiger partial charge in [-0.15, -0.1) is 11.3 Å². The smallest absolute Gasteiger partial charge is 0.286 e. The molecule has 26 heavy (non-hydrogen) atoms. The Bertz CT molecular complexity index is 960. The Hall–Kier alpha value is -2.16. The van der Waals surface area contributed by atoms with E-state index in [1.54, 1.807) is 11.3 Å². The molecule has 2 N–H and O–H groups in total. The van der Waals surface area contributed by atoms with Gasteiger partial charge >= 0.3 is 0 Å². The van der Waals surface area contributed by atoms with Crippen LogP contribution in [-0.4, -0.2) is 40.3 Å². The number of anilines is 1. The van der Waals surface area contributed by atoms with Crippen molar-refractivity contribution in [3.63, 3.8) is 0 Å². The number of fused-ring (bicyclic) bond motifs is 3. The highest BCUT2D eigenvalue weighted by Gasteiger charge is 2.77. The molecule has 2 fully saturated rings. The fraction of sp³-hybridized carbons (Fsp3) is 0.278. The van der Waals surface area contributed by atoms with Crippen LogP contribution in [0.1, 0.15) is 16.4 Å². The van der Waals surface area contributed by atoms with Gasteiger partial charge in [0.2, 0.25) is 5.91 Å². The lowest BCUT2D eigenvalue weighted by molar-refractivity contribution is -0.133. The number of hydrogen-bond donors (Lipinski definition) is 2. The van der Waals surface area contributed by atoms with Gasteiger partial charge in [0, 0.05) is 28.6 Å². The van der Waals surface area contributed by atoms with Crippen LogP contribution in [0.2, 0.25) is 0 Å². The van der Waals surface area contributed by atoms with Gasteiger partial charge in [0.1, 0.15) is 4.75 Å². The lowest BCUT2D eigenvalue weighted by Gasteiger charge is -2.40. The zero-order valence-electron chi connectivity index (χ0n) is 13.8. The van der Waals surface area contributed by atoms with Gasteiger partial charge in [-0.1, -0.05) is 24.3 Å². The van der Waals surface area contributed by atoms with Crippen LogP contribution in [0.15, 0.2) is 41.8 Å². The molecule has 0 bridgehead atoms. The third kappa shape index (κ3) is 1.65. The van der Waals surface area contributed by atoms with Crippen molar-refractivity contribution < 1.29 is 14.4 Å². The van der Waals surface area contributed by atoms with Gasteiger partial charge in [-0.05, 0) is 36.3 Å². The van der Waals surface area contributed by atoms with Gasteiger partial charge in [-0.25, -0.2) is 0 Å². The number of carbonyl (C=O) groups excluding carboxylic acids is 3. The van der Waals surface area contributed by atoms with E-state index in [9.17, 15) is 14.4 Å². The van der Waals surface area contributed by atoms with E-state index in [2.05, 4.69) is 10.6 Å². The maximum Gasteiger partial charge on any atom is 0.286 e. The number of thioether (sulfide) groups is 1. The van der Waals surface area contributed by atoms with Crippen LogP contribution in [0.5, 0.6) is 0 Å². The summed E-state index contributed by atoms with van der Waals surface area (Å²) >= 11 is 2.51. The number of rotatable bonds is 1. The molecule has 2 saturated heterocycles. The first-order valence-corrected chi connectivity index (χ1v) is 9.91. The van der Waals surface area contributed by atoms with E-state index < -0.39 is 15.5 Å². The van der Waals surface area contributed by atoms with Crippen molar-refractivity contribution in [3.8, 4) is 0 Å². The Labute approximate surface area is 157 Å². The summed E-state index contributed by atoms with van der Waals surface area (Å²) in [7, 11) is 1.85. The number of imide groups is 1. The largest absolute Gasteiger partial charge is 0.324 e. The van der Waals surface area contributed by atoms with Crippen LogP contribution in [0.4, 0.5) is 10.5 Å². The number of likely N-dealkylation sites (tertiary alicyclic amines) is 1. The van der Waals surface area contributed by atoms with E-state index in [1.807, 2.05) is 53.7 Å². The molecular weight excluding hydrogens is 370 g/mol. The Morgan fingerprint density at radius 2 is 1.88 bits per heavy atom. The lowest BCUT2D eigenvalue weighted by Crippen LogP contribution is -2.61. The normalized spacial score (nSPS) is 33.1. The molecule has 3 atom stereocenters. The monoisotopic (exact) mass is 385 g/mol. The molecular formula is C18H15N3O3S2. The van der Waals surface area contributed by atoms with Crippen molar-refractivity contribution in [2.75, 3.05) is 18.9 Å². The first-order chi connectivity index (χ1) is 12.5. The number of carbonyl (C=O) groups is 3. The average Bonchev–Trinajstić information content (AvgIpc) is 3.33. The van der Waals surface area contributed by atoms with Gasteiger partial charge < -0.3 is 5.32 Å². The summed E-state index contributed by atoms with van der Waals surface area (Å²) in [4.78, 5) is 41.8. The van der Waals surface area contributed by atoms with Crippen LogP contribution in [0.3, 0.4) is 0 Å². The Balaban J connectivity index is 1.84. The lowest BCUT2D eigenvalue weighted by atomic mass is 9.73. The quantitative estimate of drug-likeness (QED) is 0.788. The second kappa shape index (κ2) is 5.18. The van der Waals surface area contributed by atoms with Crippen LogP contribution in [0, 0.1) is 0 Å². The first kappa shape index (κ1) is 16.0. The molecule has 2 aromatic rings. The minimum absolute atomic E-state index is 0.252. The Morgan fingerprint density at radius 3 is 2.58 bits per heavy atom. The number of nitrogens with one attached hydrogen (secondary N) is 2. The highest BCUT2D eigenvalue weighted by atomic mass is 32.2. The van der Waals surface area contributed by atoms with Crippen LogP contribution in [-0.2, 0) is 15.1 Å². The predicted octanol–water partition coefficient (Wildman–Crippen LogP) is 2.35. The fourth-order valence-electron chi connectivity index (χ4n) is 4.72. The molecule has 6 nitrogen and oxygen atoms in total. The van der Waals surface area contributed by atoms with E-state index in [1.165, 1.54) is 0 Å². The highest BCUT2D eigenvalue weighted by molar-refractivity contribution is 8.16. The van der Waals surface area contributed by atoms with Crippen molar-refractivity contribution in [2.24, 2.45) is 0 Å². The summed E-state index contributed by atoms with van der Waals surface area (Å²) < 4.78 is -1.24. The zero-order chi connectivity index (χ0) is 18.1. The predicted molar refractivity (Wildman–Crippen MR) is 100 cm³/mol. The molecule has 5 rings (SSSR count). The third-order valence-electron chi connectivity index (χ3n) is 5.64. The summed E-state index contributed by atoms with van der Waals surface area (Å²) in [6.07, 6.45) is 0. The molecule has 8 heteroatoms. The van der Waals surface area contributed by atoms with Crippen molar-refractivity contribution in [1.29, 1.82) is 0 Å². The molecule has 1 aromatic carbocycles. The van der Waals surface area contributed by atoms with Gasteiger partial charge in [-0.3, -0.25) is 24.6 Å². The number of thiophene rings is 1. The van der Waals surface area contributed by atoms with Gasteiger partial charge in [0.15, 0.2) is 5.54 Å². The second-order valence-corrected chi connectivity index (χ2v) is 8.94. The Kier molecular flexibility index (Phi) is 3.20. The molecule has 0 unspecified atom stereocenters. The summed E-state index contributed by atoms with van der Waals surface area (Å²) in [5.74, 6) is -0.902. The maximum atomic E-state index is 13.3. The Morgan fingerprint density at radius 1 is 1.08 bits per heavy atom. The van der Waals surface area contributed by atoms with Crippen molar-refractivity contribution >= 4 is 45.8 Å². The van der Waals surface area contributed by atoms with Crippen molar-refractivity contribution in [3.05, 3.63) is 52.2 Å². The average molecular weight is 385 g/mol. The fourth-order valence-corrected chi connectivity index (χ4v) is 7.11. The molecule has 0 aliphatic carbocycles. The summed E-state index contributed by atoms with van der Waals surface area (Å²) in [5, 5.41) is 6.93. The topological polar surface area (TPSA) is 78.5 Å². The van der Waals surface area contributed by atoms with E-state index >= 15 is 0 Å². The number of para-hydroxylation sites is 1. The van der Waals surface area contributed by atoms with Gasteiger partial charge in [0.05, 0.1) is 0 Å². The molecule has 3 aliphatic rings. The molecule has 3 amide bonds. The summed E-state index contributed by atoms with van der Waals surface area (Å²) in [5.41, 5.74) is 0.228. The molecule has 0 radical (unpaired) electrons. The molecule has 0 saturated carbocycles. The number of nitrogens with zero attached hydrogens (tertiary/aromatic N) is 1. The molecule has 4 heterocycles. The second-order valence-electron chi connectivity index (χ2n) is 6.74. The minimum Gasteiger partial charge on any atom is -0.324 e. The standard InChI is InChI=1S/C18H15N3O3S2/c1-21-9-11(13-7-4-8-25-13)18(15(23)20-16(24)26-18)17(21)10-5-2-3-6-12(10)19-14(17)22/h2-8,11H,9H2,1H3,(H,19,22)(H,20,23,24)/t11-,17+,18-/m0/s1. The minimum atomic E-state index is -1.24. The van der Waals surface area contributed by atoms with E-state index in [-0.39, 0.29) is 17.7 Å². The summed E-state index contributed by atoms with van der Waals surface area (Å²) in [6.45, 7) is 0.510. The van der Waals surface area contributed by atoms with E-state index in [0.29, 0.717) is 12.2 Å².